The monoisotopic (exact) mass is 255 g/mol. The summed E-state index contributed by atoms with van der Waals surface area (Å²) in [6, 6.07) is 5.00. The van der Waals surface area contributed by atoms with Crippen LogP contribution in [-0.4, -0.2) is 5.54 Å². The predicted molar refractivity (Wildman–Crippen MR) is 69.7 cm³/mol. The van der Waals surface area contributed by atoms with E-state index in [2.05, 4.69) is 6.92 Å². The van der Waals surface area contributed by atoms with Crippen LogP contribution in [0.25, 0.3) is 0 Å². The lowest BCUT2D eigenvalue weighted by atomic mass is 9.74. The largest absolute Gasteiger partial charge is 0.325 e. The van der Waals surface area contributed by atoms with Crippen LogP contribution in [0, 0.1) is 11.7 Å². The Morgan fingerprint density at radius 2 is 2.29 bits per heavy atom. The molecule has 94 valence electrons. The molecule has 0 aromatic heterocycles. The van der Waals surface area contributed by atoms with Crippen LogP contribution < -0.4 is 5.73 Å². The van der Waals surface area contributed by atoms with Crippen LogP contribution >= 0.6 is 11.6 Å². The first-order valence-electron chi connectivity index (χ1n) is 6.21. The molecule has 17 heavy (non-hydrogen) atoms. The van der Waals surface area contributed by atoms with Gasteiger partial charge in [0.15, 0.2) is 0 Å². The molecule has 1 aromatic carbocycles. The molecule has 1 fully saturated rings. The van der Waals surface area contributed by atoms with E-state index < -0.39 is 0 Å². The number of nitrogens with two attached hydrogens (primary N) is 1. The smallest absolute Gasteiger partial charge is 0.142 e. The van der Waals surface area contributed by atoms with Crippen LogP contribution in [0.15, 0.2) is 18.2 Å². The second kappa shape index (κ2) is 4.95. The number of hydrogen-bond acceptors (Lipinski definition) is 1. The van der Waals surface area contributed by atoms with Crippen molar-refractivity contribution in [1.82, 2.24) is 0 Å². The van der Waals surface area contributed by atoms with Gasteiger partial charge in [-0.15, -0.1) is 0 Å². The molecular formula is C14H19ClFN. The van der Waals surface area contributed by atoms with Gasteiger partial charge in [0, 0.05) is 5.54 Å². The number of rotatable bonds is 2. The first-order chi connectivity index (χ1) is 7.98. The Balaban J connectivity index is 2.11. The van der Waals surface area contributed by atoms with E-state index in [1.54, 1.807) is 6.07 Å². The van der Waals surface area contributed by atoms with Gasteiger partial charge in [-0.1, -0.05) is 37.4 Å². The molecule has 0 radical (unpaired) electrons. The quantitative estimate of drug-likeness (QED) is 0.851. The fraction of sp³-hybridized carbons (Fsp3) is 0.571. The lowest BCUT2D eigenvalue weighted by molar-refractivity contribution is 0.235. The van der Waals surface area contributed by atoms with Crippen LogP contribution in [0.3, 0.4) is 0 Å². The highest BCUT2D eigenvalue weighted by Crippen LogP contribution is 2.33. The van der Waals surface area contributed by atoms with E-state index in [4.69, 9.17) is 17.3 Å². The molecule has 0 aliphatic heterocycles. The summed E-state index contributed by atoms with van der Waals surface area (Å²) in [5, 5.41) is 0.178. The zero-order chi connectivity index (χ0) is 12.5. The minimum atomic E-state index is -0.350. The van der Waals surface area contributed by atoms with Gasteiger partial charge in [0.2, 0.25) is 0 Å². The van der Waals surface area contributed by atoms with Crippen molar-refractivity contribution in [2.24, 2.45) is 11.7 Å². The molecule has 2 N–H and O–H groups in total. The van der Waals surface area contributed by atoms with Crippen molar-refractivity contribution < 1.29 is 4.39 Å². The first-order valence-corrected chi connectivity index (χ1v) is 6.59. The normalized spacial score (nSPS) is 29.3. The van der Waals surface area contributed by atoms with Gasteiger partial charge in [-0.2, -0.15) is 0 Å². The summed E-state index contributed by atoms with van der Waals surface area (Å²) >= 11 is 5.68. The number of benzene rings is 1. The van der Waals surface area contributed by atoms with Crippen LogP contribution in [0.4, 0.5) is 4.39 Å². The maximum absolute atomic E-state index is 13.4. The Hall–Kier alpha value is -0.600. The van der Waals surface area contributed by atoms with Crippen molar-refractivity contribution in [2.45, 2.75) is 44.6 Å². The molecule has 1 aliphatic carbocycles. The van der Waals surface area contributed by atoms with Crippen molar-refractivity contribution in [1.29, 1.82) is 0 Å². The molecule has 0 heterocycles. The highest BCUT2D eigenvalue weighted by atomic mass is 35.5. The van der Waals surface area contributed by atoms with Gasteiger partial charge in [-0.05, 0) is 42.9 Å². The number of hydrogen-bond donors (Lipinski definition) is 1. The van der Waals surface area contributed by atoms with Crippen molar-refractivity contribution >= 4 is 11.6 Å². The van der Waals surface area contributed by atoms with Gasteiger partial charge >= 0.3 is 0 Å². The third-order valence-corrected chi connectivity index (χ3v) is 3.97. The molecule has 0 amide bonds. The van der Waals surface area contributed by atoms with E-state index in [0.717, 1.165) is 24.8 Å². The van der Waals surface area contributed by atoms with Crippen molar-refractivity contribution in [3.8, 4) is 0 Å². The summed E-state index contributed by atoms with van der Waals surface area (Å²) in [5.41, 5.74) is 7.19. The van der Waals surface area contributed by atoms with Crippen molar-refractivity contribution in [3.05, 3.63) is 34.6 Å². The summed E-state index contributed by atoms with van der Waals surface area (Å²) in [5.74, 6) is 0.322. The van der Waals surface area contributed by atoms with E-state index in [1.165, 1.54) is 18.9 Å². The summed E-state index contributed by atoms with van der Waals surface area (Å²) in [7, 11) is 0. The van der Waals surface area contributed by atoms with Gasteiger partial charge in [0.05, 0.1) is 5.02 Å². The minimum absolute atomic E-state index is 0.169. The van der Waals surface area contributed by atoms with E-state index in [-0.39, 0.29) is 16.4 Å². The molecule has 2 rings (SSSR count). The standard InChI is InChI=1S/C14H19ClFN/c1-10-3-2-6-14(17,8-10)9-11-4-5-12(15)13(16)7-11/h4-5,7,10H,2-3,6,8-9,17H2,1H3. The second-order valence-electron chi connectivity index (χ2n) is 5.49. The molecule has 1 nitrogen and oxygen atoms in total. The molecule has 2 atom stereocenters. The highest BCUT2D eigenvalue weighted by Gasteiger charge is 2.31. The molecule has 0 saturated heterocycles. The van der Waals surface area contributed by atoms with E-state index >= 15 is 0 Å². The van der Waals surface area contributed by atoms with Gasteiger partial charge < -0.3 is 5.73 Å². The fourth-order valence-electron chi connectivity index (χ4n) is 2.92. The molecule has 0 bridgehead atoms. The second-order valence-corrected chi connectivity index (χ2v) is 5.90. The lowest BCUT2D eigenvalue weighted by Gasteiger charge is -2.37. The fourth-order valence-corrected chi connectivity index (χ4v) is 3.03. The third kappa shape index (κ3) is 3.20. The van der Waals surface area contributed by atoms with Crippen molar-refractivity contribution in [2.75, 3.05) is 0 Å². The topological polar surface area (TPSA) is 26.0 Å². The number of halogens is 2. The average Bonchev–Trinajstić information content (AvgIpc) is 2.22. The Labute approximate surface area is 107 Å². The molecule has 3 heteroatoms. The van der Waals surface area contributed by atoms with Gasteiger partial charge in [-0.25, -0.2) is 4.39 Å². The SMILES string of the molecule is CC1CCCC(N)(Cc2ccc(Cl)c(F)c2)C1. The Kier molecular flexibility index (Phi) is 3.74. The van der Waals surface area contributed by atoms with Crippen LogP contribution in [0.2, 0.25) is 5.02 Å². The Bertz CT molecular complexity index is 407. The first kappa shape index (κ1) is 12.8. The maximum atomic E-state index is 13.4. The molecule has 1 aromatic rings. The van der Waals surface area contributed by atoms with E-state index in [1.807, 2.05) is 6.07 Å². The third-order valence-electron chi connectivity index (χ3n) is 3.67. The van der Waals surface area contributed by atoms with Gasteiger partial charge in [0.25, 0.3) is 0 Å². The van der Waals surface area contributed by atoms with Crippen LogP contribution in [0.5, 0.6) is 0 Å². The van der Waals surface area contributed by atoms with E-state index in [9.17, 15) is 4.39 Å². The maximum Gasteiger partial charge on any atom is 0.142 e. The molecule has 2 unspecified atom stereocenters. The summed E-state index contributed by atoms with van der Waals surface area (Å²) in [6.07, 6.45) is 5.23. The summed E-state index contributed by atoms with van der Waals surface area (Å²) in [6.45, 7) is 2.24. The molecule has 1 aliphatic rings. The lowest BCUT2D eigenvalue weighted by Crippen LogP contribution is -2.45. The molecule has 0 spiro atoms. The van der Waals surface area contributed by atoms with Crippen LogP contribution in [0.1, 0.15) is 38.2 Å². The van der Waals surface area contributed by atoms with Crippen LogP contribution in [-0.2, 0) is 6.42 Å². The molecule has 1 saturated carbocycles. The zero-order valence-electron chi connectivity index (χ0n) is 10.2. The molecular weight excluding hydrogens is 237 g/mol. The highest BCUT2D eigenvalue weighted by molar-refractivity contribution is 6.30. The average molecular weight is 256 g/mol. The minimum Gasteiger partial charge on any atom is -0.325 e. The zero-order valence-corrected chi connectivity index (χ0v) is 10.9. The predicted octanol–water partition coefficient (Wildman–Crippen LogP) is 3.93. The summed E-state index contributed by atoms with van der Waals surface area (Å²) < 4.78 is 13.4. The summed E-state index contributed by atoms with van der Waals surface area (Å²) in [4.78, 5) is 0. The Morgan fingerprint density at radius 1 is 1.53 bits per heavy atom. The van der Waals surface area contributed by atoms with Gasteiger partial charge in [0.1, 0.15) is 5.82 Å². The Morgan fingerprint density at radius 3 is 2.94 bits per heavy atom. The van der Waals surface area contributed by atoms with Gasteiger partial charge in [-0.3, -0.25) is 0 Å². The van der Waals surface area contributed by atoms with Crippen molar-refractivity contribution in [3.63, 3.8) is 0 Å². The van der Waals surface area contributed by atoms with E-state index in [0.29, 0.717) is 5.92 Å².